The van der Waals surface area contributed by atoms with E-state index >= 15 is 0 Å². The molecule has 8 nitrogen and oxygen atoms in total. The van der Waals surface area contributed by atoms with Gasteiger partial charge in [0.15, 0.2) is 11.5 Å². The smallest absolute Gasteiger partial charge is 0.280 e. The number of methoxy groups -OCH3 is 1. The van der Waals surface area contributed by atoms with Gasteiger partial charge in [0.05, 0.1) is 18.5 Å². The van der Waals surface area contributed by atoms with E-state index in [1.807, 2.05) is 38.2 Å². The van der Waals surface area contributed by atoms with Crippen molar-refractivity contribution in [3.05, 3.63) is 35.8 Å². The predicted octanol–water partition coefficient (Wildman–Crippen LogP) is 1.78. The van der Waals surface area contributed by atoms with Crippen LogP contribution in [0.2, 0.25) is 0 Å². The molecular formula is C16H20N6O2. The molecule has 8 heteroatoms. The number of nitrogens with one attached hydrogen (secondary N) is 1. The number of benzene rings is 1. The van der Waals surface area contributed by atoms with Crippen LogP contribution in [0, 0.1) is 6.92 Å². The van der Waals surface area contributed by atoms with Gasteiger partial charge in [0, 0.05) is 12.5 Å². The van der Waals surface area contributed by atoms with Gasteiger partial charge in [0.1, 0.15) is 5.75 Å². The van der Waals surface area contributed by atoms with Crippen molar-refractivity contribution in [2.45, 2.75) is 26.3 Å². The second-order valence-corrected chi connectivity index (χ2v) is 5.54. The Balaban J connectivity index is 1.86. The van der Waals surface area contributed by atoms with E-state index in [-0.39, 0.29) is 6.04 Å². The highest BCUT2D eigenvalue weighted by atomic mass is 16.5. The fourth-order valence-electron chi connectivity index (χ4n) is 2.30. The molecule has 0 aliphatic rings. The van der Waals surface area contributed by atoms with Gasteiger partial charge in [0.2, 0.25) is 0 Å². The van der Waals surface area contributed by atoms with Crippen LogP contribution in [0.4, 0.5) is 0 Å². The van der Waals surface area contributed by atoms with E-state index in [0.717, 1.165) is 17.1 Å². The highest BCUT2D eigenvalue weighted by Gasteiger charge is 2.19. The lowest BCUT2D eigenvalue weighted by Crippen LogP contribution is -2.24. The monoisotopic (exact) mass is 328 g/mol. The maximum Gasteiger partial charge on any atom is 0.280 e. The molecule has 0 aliphatic heterocycles. The molecular weight excluding hydrogens is 308 g/mol. The average Bonchev–Trinajstić information content (AvgIpc) is 3.21. The minimum Gasteiger partial charge on any atom is -0.497 e. The SMILES string of the molecule is CNC(C)Cc1noc(-c2nnn(-c3ccc(OC)cc3)c2C)n1. The Morgan fingerprint density at radius 2 is 2.04 bits per heavy atom. The van der Waals surface area contributed by atoms with Gasteiger partial charge >= 0.3 is 0 Å². The Labute approximate surface area is 139 Å². The van der Waals surface area contributed by atoms with Gasteiger partial charge in [-0.2, -0.15) is 4.98 Å². The Kier molecular flexibility index (Phi) is 4.57. The molecule has 1 aromatic carbocycles. The zero-order valence-corrected chi connectivity index (χ0v) is 14.1. The number of likely N-dealkylation sites (N-methyl/N-ethyl adjacent to an activating group) is 1. The number of hydrogen-bond donors (Lipinski definition) is 1. The summed E-state index contributed by atoms with van der Waals surface area (Å²) < 4.78 is 12.2. The van der Waals surface area contributed by atoms with Crippen molar-refractivity contribution in [1.82, 2.24) is 30.5 Å². The van der Waals surface area contributed by atoms with E-state index in [9.17, 15) is 0 Å². The molecule has 0 amide bonds. The van der Waals surface area contributed by atoms with Crippen molar-refractivity contribution in [3.63, 3.8) is 0 Å². The highest BCUT2D eigenvalue weighted by molar-refractivity contribution is 5.51. The van der Waals surface area contributed by atoms with Crippen LogP contribution in [0.3, 0.4) is 0 Å². The summed E-state index contributed by atoms with van der Waals surface area (Å²) in [6.45, 7) is 3.97. The molecule has 0 saturated heterocycles. The van der Waals surface area contributed by atoms with Crippen LogP contribution in [0.1, 0.15) is 18.4 Å². The molecule has 0 saturated carbocycles. The van der Waals surface area contributed by atoms with E-state index in [1.54, 1.807) is 11.8 Å². The van der Waals surface area contributed by atoms with Crippen molar-refractivity contribution in [2.24, 2.45) is 0 Å². The lowest BCUT2D eigenvalue weighted by atomic mass is 10.2. The van der Waals surface area contributed by atoms with E-state index < -0.39 is 0 Å². The van der Waals surface area contributed by atoms with Crippen molar-refractivity contribution < 1.29 is 9.26 Å². The summed E-state index contributed by atoms with van der Waals surface area (Å²) in [6, 6.07) is 7.85. The fraction of sp³-hybridized carbons (Fsp3) is 0.375. The predicted molar refractivity (Wildman–Crippen MR) is 88.2 cm³/mol. The van der Waals surface area contributed by atoms with Gasteiger partial charge in [-0.05, 0) is 45.2 Å². The quantitative estimate of drug-likeness (QED) is 0.737. The number of aromatic nitrogens is 5. The normalized spacial score (nSPS) is 12.3. The summed E-state index contributed by atoms with van der Waals surface area (Å²) >= 11 is 0. The zero-order valence-electron chi connectivity index (χ0n) is 14.1. The van der Waals surface area contributed by atoms with Crippen LogP contribution in [0.5, 0.6) is 5.75 Å². The molecule has 2 heterocycles. The molecule has 3 rings (SSSR count). The first-order chi connectivity index (χ1) is 11.6. The number of hydrogen-bond acceptors (Lipinski definition) is 7. The molecule has 0 fully saturated rings. The molecule has 0 radical (unpaired) electrons. The van der Waals surface area contributed by atoms with Crippen LogP contribution in [-0.4, -0.2) is 45.3 Å². The number of rotatable bonds is 6. The van der Waals surface area contributed by atoms with Crippen LogP contribution >= 0.6 is 0 Å². The largest absolute Gasteiger partial charge is 0.497 e. The summed E-state index contributed by atoms with van der Waals surface area (Å²) in [5.74, 6) is 1.81. The standard InChI is InChI=1S/C16H20N6O2/c1-10(17-3)9-14-18-16(24-20-14)15-11(2)22(21-19-15)12-5-7-13(23-4)8-6-12/h5-8,10,17H,9H2,1-4H3. The fourth-order valence-corrected chi connectivity index (χ4v) is 2.30. The summed E-state index contributed by atoms with van der Waals surface area (Å²) in [7, 11) is 3.53. The summed E-state index contributed by atoms with van der Waals surface area (Å²) in [5.41, 5.74) is 2.30. The molecule has 1 atom stereocenters. The second kappa shape index (κ2) is 6.79. The van der Waals surface area contributed by atoms with Gasteiger partial charge in [-0.1, -0.05) is 10.4 Å². The van der Waals surface area contributed by atoms with E-state index in [1.165, 1.54) is 0 Å². The Morgan fingerprint density at radius 3 is 2.71 bits per heavy atom. The van der Waals surface area contributed by atoms with E-state index in [0.29, 0.717) is 23.8 Å². The Hall–Kier alpha value is -2.74. The summed E-state index contributed by atoms with van der Waals surface area (Å²) in [6.07, 6.45) is 0.686. The van der Waals surface area contributed by atoms with E-state index in [4.69, 9.17) is 9.26 Å². The van der Waals surface area contributed by atoms with Crippen molar-refractivity contribution in [3.8, 4) is 23.0 Å². The molecule has 1 N–H and O–H groups in total. The maximum atomic E-state index is 5.34. The molecule has 126 valence electrons. The molecule has 3 aromatic rings. The van der Waals surface area contributed by atoms with Crippen LogP contribution in [0.15, 0.2) is 28.8 Å². The molecule has 0 aliphatic carbocycles. The summed E-state index contributed by atoms with van der Waals surface area (Å²) in [4.78, 5) is 4.41. The third kappa shape index (κ3) is 3.13. The van der Waals surface area contributed by atoms with Crippen LogP contribution < -0.4 is 10.1 Å². The van der Waals surface area contributed by atoms with E-state index in [2.05, 4.69) is 32.7 Å². The number of ether oxygens (including phenoxy) is 1. The Morgan fingerprint density at radius 1 is 1.29 bits per heavy atom. The molecule has 0 bridgehead atoms. The Bertz CT molecular complexity index is 808. The average molecular weight is 328 g/mol. The first-order valence-corrected chi connectivity index (χ1v) is 7.69. The maximum absolute atomic E-state index is 5.34. The first-order valence-electron chi connectivity index (χ1n) is 7.69. The lowest BCUT2D eigenvalue weighted by molar-refractivity contribution is 0.414. The minimum absolute atomic E-state index is 0.270. The van der Waals surface area contributed by atoms with Crippen LogP contribution in [0.25, 0.3) is 17.3 Å². The highest BCUT2D eigenvalue weighted by Crippen LogP contribution is 2.22. The topological polar surface area (TPSA) is 90.9 Å². The van der Waals surface area contributed by atoms with Crippen molar-refractivity contribution in [1.29, 1.82) is 0 Å². The minimum atomic E-state index is 0.270. The molecule has 2 aromatic heterocycles. The second-order valence-electron chi connectivity index (χ2n) is 5.54. The number of nitrogens with zero attached hydrogens (tertiary/aromatic N) is 5. The van der Waals surface area contributed by atoms with Crippen molar-refractivity contribution >= 4 is 0 Å². The summed E-state index contributed by atoms with van der Waals surface area (Å²) in [5, 5.41) is 15.5. The lowest BCUT2D eigenvalue weighted by Gasteiger charge is -2.05. The van der Waals surface area contributed by atoms with Gasteiger partial charge < -0.3 is 14.6 Å². The molecule has 24 heavy (non-hydrogen) atoms. The third-order valence-corrected chi connectivity index (χ3v) is 3.86. The van der Waals surface area contributed by atoms with Crippen molar-refractivity contribution in [2.75, 3.05) is 14.2 Å². The zero-order chi connectivity index (χ0) is 17.1. The van der Waals surface area contributed by atoms with Gasteiger partial charge in [0.25, 0.3) is 5.89 Å². The molecule has 1 unspecified atom stereocenters. The third-order valence-electron chi connectivity index (χ3n) is 3.86. The molecule has 0 spiro atoms. The van der Waals surface area contributed by atoms with Gasteiger partial charge in [-0.15, -0.1) is 5.10 Å². The first kappa shape index (κ1) is 16.1. The van der Waals surface area contributed by atoms with Gasteiger partial charge in [-0.3, -0.25) is 0 Å². The van der Waals surface area contributed by atoms with Gasteiger partial charge in [-0.25, -0.2) is 4.68 Å². The van der Waals surface area contributed by atoms with Crippen LogP contribution in [-0.2, 0) is 6.42 Å².